The number of nitrogens with zero attached hydrogens (tertiary/aromatic N) is 2. The zero-order chi connectivity index (χ0) is 11.3. The van der Waals surface area contributed by atoms with Crippen LogP contribution >= 0.6 is 35.0 Å². The second kappa shape index (κ2) is 6.15. The van der Waals surface area contributed by atoms with Gasteiger partial charge in [-0.1, -0.05) is 23.2 Å². The van der Waals surface area contributed by atoms with Crippen molar-refractivity contribution in [2.45, 2.75) is 11.3 Å². The molecule has 0 saturated heterocycles. The van der Waals surface area contributed by atoms with E-state index in [2.05, 4.69) is 14.9 Å². The number of rotatable bonds is 4. The van der Waals surface area contributed by atoms with Crippen LogP contribution in [0.1, 0.15) is 6.42 Å². The minimum absolute atomic E-state index is 0.258. The Hall–Kier alpha value is -0.520. The first-order valence-corrected chi connectivity index (χ1v) is 5.76. The van der Waals surface area contributed by atoms with E-state index in [-0.39, 0.29) is 16.3 Å². The highest BCUT2D eigenvalue weighted by atomic mass is 35.5. The van der Waals surface area contributed by atoms with Gasteiger partial charge in [0.1, 0.15) is 0 Å². The maximum Gasteiger partial charge on any atom is 0.306 e. The summed E-state index contributed by atoms with van der Waals surface area (Å²) in [7, 11) is 1.35. The van der Waals surface area contributed by atoms with E-state index in [1.54, 1.807) is 6.07 Å². The van der Waals surface area contributed by atoms with Crippen LogP contribution in [0.2, 0.25) is 10.3 Å². The predicted octanol–water partition coefficient (Wildman–Crippen LogP) is 2.44. The Morgan fingerprint density at radius 1 is 1.53 bits per heavy atom. The topological polar surface area (TPSA) is 52.1 Å². The molecule has 0 saturated carbocycles. The van der Waals surface area contributed by atoms with Crippen LogP contribution in [-0.2, 0) is 9.53 Å². The standard InChI is InChI=1S/C8H8Cl2N2O2S/c1-14-7(13)2-3-15-5-4-6(9)11-12-8(5)10/h4H,2-3H2,1H3. The molecule has 7 heteroatoms. The van der Waals surface area contributed by atoms with E-state index >= 15 is 0 Å². The summed E-state index contributed by atoms with van der Waals surface area (Å²) in [6, 6.07) is 1.61. The molecule has 0 radical (unpaired) electrons. The molecule has 15 heavy (non-hydrogen) atoms. The Balaban J connectivity index is 2.50. The molecule has 4 nitrogen and oxygen atoms in total. The molecule has 0 aliphatic heterocycles. The summed E-state index contributed by atoms with van der Waals surface area (Å²) in [5, 5.41) is 7.78. The average Bonchev–Trinajstić information content (AvgIpc) is 2.23. The number of carbonyl (C=O) groups is 1. The van der Waals surface area contributed by atoms with Crippen LogP contribution in [0.3, 0.4) is 0 Å². The normalized spacial score (nSPS) is 10.1. The molecule has 0 atom stereocenters. The number of aromatic nitrogens is 2. The molecule has 0 fully saturated rings. The number of carbonyl (C=O) groups excluding carboxylic acids is 1. The quantitative estimate of drug-likeness (QED) is 0.619. The molecule has 82 valence electrons. The van der Waals surface area contributed by atoms with Crippen LogP contribution in [0, 0.1) is 0 Å². The molecule has 0 aromatic carbocycles. The molecule has 1 aromatic heterocycles. The first-order valence-electron chi connectivity index (χ1n) is 4.02. The number of hydrogen-bond acceptors (Lipinski definition) is 5. The van der Waals surface area contributed by atoms with Crippen LogP contribution in [0.4, 0.5) is 0 Å². The molecule has 0 unspecified atom stereocenters. The van der Waals surface area contributed by atoms with Gasteiger partial charge in [-0.25, -0.2) is 0 Å². The van der Waals surface area contributed by atoms with Gasteiger partial charge in [0.25, 0.3) is 0 Å². The van der Waals surface area contributed by atoms with Crippen molar-refractivity contribution >= 4 is 40.9 Å². The summed E-state index contributed by atoms with van der Waals surface area (Å²) in [5.41, 5.74) is 0. The number of halogens is 2. The molecule has 1 rings (SSSR count). The van der Waals surface area contributed by atoms with E-state index in [0.29, 0.717) is 17.1 Å². The largest absolute Gasteiger partial charge is 0.469 e. The molecule has 0 N–H and O–H groups in total. The maximum atomic E-state index is 10.8. The molecule has 0 aliphatic carbocycles. The van der Waals surface area contributed by atoms with Crippen molar-refractivity contribution in [1.29, 1.82) is 0 Å². The van der Waals surface area contributed by atoms with Crippen molar-refractivity contribution in [2.75, 3.05) is 12.9 Å². The minimum atomic E-state index is -0.258. The highest BCUT2D eigenvalue weighted by Crippen LogP contribution is 2.26. The van der Waals surface area contributed by atoms with Crippen LogP contribution in [0.15, 0.2) is 11.0 Å². The van der Waals surface area contributed by atoms with Crippen LogP contribution in [0.5, 0.6) is 0 Å². The lowest BCUT2D eigenvalue weighted by Gasteiger charge is -2.02. The Morgan fingerprint density at radius 3 is 2.93 bits per heavy atom. The lowest BCUT2D eigenvalue weighted by atomic mass is 10.5. The smallest absolute Gasteiger partial charge is 0.306 e. The number of thioether (sulfide) groups is 1. The van der Waals surface area contributed by atoms with Gasteiger partial charge in [0, 0.05) is 10.6 Å². The van der Waals surface area contributed by atoms with Crippen molar-refractivity contribution in [3.63, 3.8) is 0 Å². The number of hydrogen-bond donors (Lipinski definition) is 0. The maximum absolute atomic E-state index is 10.8. The lowest BCUT2D eigenvalue weighted by Crippen LogP contribution is -2.01. The fraction of sp³-hybridized carbons (Fsp3) is 0.375. The van der Waals surface area contributed by atoms with Crippen LogP contribution < -0.4 is 0 Å². The summed E-state index contributed by atoms with van der Waals surface area (Å²) in [6.45, 7) is 0. The van der Waals surface area contributed by atoms with Gasteiger partial charge in [-0.15, -0.1) is 22.0 Å². The summed E-state index contributed by atoms with van der Waals surface area (Å²) < 4.78 is 4.50. The van der Waals surface area contributed by atoms with Gasteiger partial charge < -0.3 is 4.74 Å². The summed E-state index contributed by atoms with van der Waals surface area (Å²) in [4.78, 5) is 11.5. The SMILES string of the molecule is COC(=O)CCSc1cc(Cl)nnc1Cl. The highest BCUT2D eigenvalue weighted by molar-refractivity contribution is 7.99. The van der Waals surface area contributed by atoms with E-state index in [1.807, 2.05) is 0 Å². The molecule has 0 amide bonds. The first kappa shape index (κ1) is 12.5. The highest BCUT2D eigenvalue weighted by Gasteiger charge is 2.06. The Labute approximate surface area is 101 Å². The van der Waals surface area contributed by atoms with E-state index in [9.17, 15) is 4.79 Å². The Morgan fingerprint density at radius 2 is 2.27 bits per heavy atom. The van der Waals surface area contributed by atoms with Gasteiger partial charge >= 0.3 is 5.97 Å². The third kappa shape index (κ3) is 4.24. The van der Waals surface area contributed by atoms with Gasteiger partial charge in [0.2, 0.25) is 0 Å². The van der Waals surface area contributed by atoms with E-state index in [4.69, 9.17) is 23.2 Å². The Bertz CT molecular complexity index is 362. The summed E-state index contributed by atoms with van der Waals surface area (Å²) >= 11 is 12.8. The second-order valence-electron chi connectivity index (χ2n) is 2.50. The van der Waals surface area contributed by atoms with Crippen molar-refractivity contribution in [2.24, 2.45) is 0 Å². The molecular formula is C8H8Cl2N2O2S. The van der Waals surface area contributed by atoms with E-state index < -0.39 is 0 Å². The molecule has 1 aromatic rings. The van der Waals surface area contributed by atoms with Gasteiger partial charge in [0.15, 0.2) is 10.3 Å². The monoisotopic (exact) mass is 266 g/mol. The molecule has 0 aliphatic rings. The zero-order valence-electron chi connectivity index (χ0n) is 7.87. The number of ether oxygens (including phenoxy) is 1. The average molecular weight is 267 g/mol. The zero-order valence-corrected chi connectivity index (χ0v) is 10.2. The molecular weight excluding hydrogens is 259 g/mol. The number of esters is 1. The molecule has 0 spiro atoms. The summed E-state index contributed by atoms with van der Waals surface area (Å²) in [6.07, 6.45) is 0.317. The van der Waals surface area contributed by atoms with E-state index in [1.165, 1.54) is 18.9 Å². The third-order valence-corrected chi connectivity index (χ3v) is 3.08. The fourth-order valence-corrected chi connectivity index (χ4v) is 2.10. The van der Waals surface area contributed by atoms with Crippen LogP contribution in [-0.4, -0.2) is 29.0 Å². The number of methoxy groups -OCH3 is 1. The second-order valence-corrected chi connectivity index (χ2v) is 4.38. The fourth-order valence-electron chi connectivity index (χ4n) is 0.785. The van der Waals surface area contributed by atoms with Gasteiger partial charge in [-0.3, -0.25) is 4.79 Å². The lowest BCUT2D eigenvalue weighted by molar-refractivity contribution is -0.140. The first-order chi connectivity index (χ1) is 7.13. The van der Waals surface area contributed by atoms with Crippen LogP contribution in [0.25, 0.3) is 0 Å². The van der Waals surface area contributed by atoms with Gasteiger partial charge in [0.05, 0.1) is 13.5 Å². The van der Waals surface area contributed by atoms with E-state index in [0.717, 1.165) is 0 Å². The molecule has 0 bridgehead atoms. The predicted molar refractivity (Wildman–Crippen MR) is 59.4 cm³/mol. The summed E-state index contributed by atoms with van der Waals surface area (Å²) in [5.74, 6) is 0.306. The van der Waals surface area contributed by atoms with Crippen molar-refractivity contribution in [3.8, 4) is 0 Å². The minimum Gasteiger partial charge on any atom is -0.469 e. The van der Waals surface area contributed by atoms with Gasteiger partial charge in [-0.2, -0.15) is 0 Å². The van der Waals surface area contributed by atoms with Crippen molar-refractivity contribution in [3.05, 3.63) is 16.4 Å². The molecule has 1 heterocycles. The third-order valence-electron chi connectivity index (χ3n) is 1.48. The van der Waals surface area contributed by atoms with Gasteiger partial charge in [-0.05, 0) is 6.07 Å². The Kier molecular flexibility index (Phi) is 5.14. The van der Waals surface area contributed by atoms with Crippen molar-refractivity contribution in [1.82, 2.24) is 10.2 Å². The van der Waals surface area contributed by atoms with Crippen molar-refractivity contribution < 1.29 is 9.53 Å².